The zero-order chi connectivity index (χ0) is 22.3. The summed E-state index contributed by atoms with van der Waals surface area (Å²) in [5, 5.41) is 0. The minimum absolute atomic E-state index is 0.230. The molecule has 0 aliphatic rings. The van der Waals surface area contributed by atoms with Crippen LogP contribution in [0.4, 0.5) is 0 Å². The first-order valence-corrected chi connectivity index (χ1v) is 10.4. The highest BCUT2D eigenvalue weighted by molar-refractivity contribution is 5.95. The lowest BCUT2D eigenvalue weighted by Gasteiger charge is -2.18. The molecule has 0 saturated carbocycles. The Morgan fingerprint density at radius 2 is 1.06 bits per heavy atom. The minimum atomic E-state index is -0.520. The summed E-state index contributed by atoms with van der Waals surface area (Å²) in [5.41, 5.74) is 3.12. The number of aryl methyl sites for hydroxylation is 1. The van der Waals surface area contributed by atoms with Crippen molar-refractivity contribution in [3.05, 3.63) is 120 Å². The van der Waals surface area contributed by atoms with Crippen molar-refractivity contribution in [2.75, 3.05) is 0 Å². The number of carbonyl (C=O) groups is 2. The summed E-state index contributed by atoms with van der Waals surface area (Å²) in [6.07, 6.45) is 0.600. The summed E-state index contributed by atoms with van der Waals surface area (Å²) in [7, 11) is 0. The number of ether oxygens (including phenoxy) is 2. The number of esters is 2. The van der Waals surface area contributed by atoms with Crippen LogP contribution in [0.15, 0.2) is 103 Å². The van der Waals surface area contributed by atoms with E-state index in [1.165, 1.54) is 0 Å². The van der Waals surface area contributed by atoms with Gasteiger partial charge >= 0.3 is 11.9 Å². The zero-order valence-electron chi connectivity index (χ0n) is 17.7. The van der Waals surface area contributed by atoms with Crippen LogP contribution in [0.25, 0.3) is 11.1 Å². The molecule has 0 atom stereocenters. The molecule has 4 aromatic carbocycles. The molecule has 4 heteroatoms. The maximum absolute atomic E-state index is 12.9. The summed E-state index contributed by atoms with van der Waals surface area (Å²) < 4.78 is 11.7. The van der Waals surface area contributed by atoms with E-state index >= 15 is 0 Å². The molecule has 0 aromatic heterocycles. The van der Waals surface area contributed by atoms with Gasteiger partial charge in [-0.1, -0.05) is 85.8 Å². The van der Waals surface area contributed by atoms with E-state index in [0.717, 1.165) is 11.1 Å². The molecule has 0 unspecified atom stereocenters. The van der Waals surface area contributed by atoms with E-state index in [2.05, 4.69) is 0 Å². The van der Waals surface area contributed by atoms with E-state index in [1.54, 1.807) is 48.5 Å². The molecular weight excluding hydrogens is 400 g/mol. The molecule has 4 rings (SSSR count). The van der Waals surface area contributed by atoms with Crippen LogP contribution < -0.4 is 9.47 Å². The van der Waals surface area contributed by atoms with Crippen molar-refractivity contribution in [3.8, 4) is 22.6 Å². The third kappa shape index (κ3) is 4.60. The van der Waals surface area contributed by atoms with Gasteiger partial charge in [0.25, 0.3) is 0 Å². The Hall–Kier alpha value is -4.18. The monoisotopic (exact) mass is 422 g/mol. The summed E-state index contributed by atoms with van der Waals surface area (Å²) >= 11 is 0. The Bertz CT molecular complexity index is 1220. The van der Waals surface area contributed by atoms with Gasteiger partial charge in [-0.15, -0.1) is 0 Å². The first kappa shape index (κ1) is 21.1. The first-order chi connectivity index (χ1) is 15.7. The van der Waals surface area contributed by atoms with Crippen LogP contribution in [0.1, 0.15) is 33.2 Å². The van der Waals surface area contributed by atoms with Gasteiger partial charge in [-0.25, -0.2) is 9.59 Å². The Kier molecular flexibility index (Phi) is 6.42. The predicted molar refractivity (Wildman–Crippen MR) is 124 cm³/mol. The summed E-state index contributed by atoms with van der Waals surface area (Å²) in [4.78, 5) is 25.8. The van der Waals surface area contributed by atoms with E-state index in [-0.39, 0.29) is 11.5 Å². The van der Waals surface area contributed by atoms with Gasteiger partial charge in [0.2, 0.25) is 0 Å². The van der Waals surface area contributed by atoms with Crippen molar-refractivity contribution in [3.63, 3.8) is 0 Å². The Labute approximate surface area is 187 Å². The van der Waals surface area contributed by atoms with Crippen LogP contribution >= 0.6 is 0 Å². The van der Waals surface area contributed by atoms with E-state index in [1.807, 2.05) is 61.5 Å². The van der Waals surface area contributed by atoms with Crippen molar-refractivity contribution >= 4 is 11.9 Å². The average molecular weight is 422 g/mol. The fourth-order valence-electron chi connectivity index (χ4n) is 3.39. The van der Waals surface area contributed by atoms with Gasteiger partial charge in [-0.2, -0.15) is 0 Å². The van der Waals surface area contributed by atoms with Gasteiger partial charge in [0, 0.05) is 5.56 Å². The van der Waals surface area contributed by atoms with Gasteiger partial charge in [-0.05, 0) is 41.8 Å². The summed E-state index contributed by atoms with van der Waals surface area (Å²) in [5.74, 6) is -0.545. The fourth-order valence-corrected chi connectivity index (χ4v) is 3.39. The van der Waals surface area contributed by atoms with E-state index < -0.39 is 11.9 Å². The highest BCUT2D eigenvalue weighted by Crippen LogP contribution is 2.42. The summed E-state index contributed by atoms with van der Waals surface area (Å²) in [6.45, 7) is 1.96. The molecular formula is C28H22O4. The van der Waals surface area contributed by atoms with Gasteiger partial charge < -0.3 is 9.47 Å². The highest BCUT2D eigenvalue weighted by atomic mass is 16.6. The van der Waals surface area contributed by atoms with Crippen LogP contribution in [0.2, 0.25) is 0 Å². The quantitative estimate of drug-likeness (QED) is 0.268. The molecule has 0 saturated heterocycles. The van der Waals surface area contributed by atoms with Gasteiger partial charge in [0.15, 0.2) is 11.5 Å². The van der Waals surface area contributed by atoms with Crippen LogP contribution in [0, 0.1) is 0 Å². The van der Waals surface area contributed by atoms with E-state index in [9.17, 15) is 9.59 Å². The molecule has 0 fully saturated rings. The smallest absolute Gasteiger partial charge is 0.343 e. The molecule has 0 N–H and O–H groups in total. The number of carbonyl (C=O) groups excluding carboxylic acids is 2. The lowest BCUT2D eigenvalue weighted by atomic mass is 10.00. The molecule has 158 valence electrons. The van der Waals surface area contributed by atoms with Crippen LogP contribution in [0.5, 0.6) is 11.5 Å². The molecule has 0 radical (unpaired) electrons. The molecule has 4 aromatic rings. The number of hydrogen-bond acceptors (Lipinski definition) is 4. The lowest BCUT2D eigenvalue weighted by Crippen LogP contribution is -2.14. The first-order valence-electron chi connectivity index (χ1n) is 10.4. The van der Waals surface area contributed by atoms with Crippen LogP contribution in [-0.2, 0) is 6.42 Å². The van der Waals surface area contributed by atoms with Gasteiger partial charge in [0.05, 0.1) is 11.1 Å². The Balaban J connectivity index is 1.82. The molecule has 4 nitrogen and oxygen atoms in total. The number of benzene rings is 4. The largest absolute Gasteiger partial charge is 0.419 e. The average Bonchev–Trinajstić information content (AvgIpc) is 2.86. The predicted octanol–water partition coefficient (Wildman–Crippen LogP) is 6.35. The molecule has 0 heterocycles. The van der Waals surface area contributed by atoms with Crippen LogP contribution in [-0.4, -0.2) is 11.9 Å². The minimum Gasteiger partial charge on any atom is -0.419 e. The topological polar surface area (TPSA) is 52.6 Å². The van der Waals surface area contributed by atoms with E-state index in [4.69, 9.17) is 9.47 Å². The molecule has 0 bridgehead atoms. The normalized spacial score (nSPS) is 10.4. The second kappa shape index (κ2) is 9.75. The van der Waals surface area contributed by atoms with Crippen LogP contribution in [0.3, 0.4) is 0 Å². The van der Waals surface area contributed by atoms with E-state index in [0.29, 0.717) is 23.1 Å². The molecule has 0 spiro atoms. The SMILES string of the molecule is CCc1ccc(-c2ccccc2)c(OC(=O)c2ccccc2)c1OC(=O)c1ccccc1. The van der Waals surface area contributed by atoms with Crippen molar-refractivity contribution in [1.82, 2.24) is 0 Å². The number of hydrogen-bond donors (Lipinski definition) is 0. The molecule has 0 amide bonds. The molecule has 32 heavy (non-hydrogen) atoms. The van der Waals surface area contributed by atoms with Crippen molar-refractivity contribution in [2.45, 2.75) is 13.3 Å². The van der Waals surface area contributed by atoms with Crippen molar-refractivity contribution in [2.24, 2.45) is 0 Å². The van der Waals surface area contributed by atoms with Crippen molar-refractivity contribution in [1.29, 1.82) is 0 Å². The maximum atomic E-state index is 12.9. The zero-order valence-corrected chi connectivity index (χ0v) is 17.7. The Morgan fingerprint density at radius 3 is 1.56 bits per heavy atom. The lowest BCUT2D eigenvalue weighted by molar-refractivity contribution is 0.0682. The number of rotatable bonds is 6. The molecule has 0 aliphatic heterocycles. The fraction of sp³-hybridized carbons (Fsp3) is 0.0714. The standard InChI is InChI=1S/C28H22O4/c1-2-20-18-19-24(21-12-6-3-7-13-21)26(32-28(30)23-16-10-5-11-17-23)25(20)31-27(29)22-14-8-4-9-15-22/h3-19H,2H2,1H3. The van der Waals surface area contributed by atoms with Gasteiger partial charge in [-0.3, -0.25) is 0 Å². The summed E-state index contributed by atoms with van der Waals surface area (Å²) in [6, 6.07) is 30.8. The maximum Gasteiger partial charge on any atom is 0.343 e. The molecule has 0 aliphatic carbocycles. The Morgan fingerprint density at radius 1 is 0.594 bits per heavy atom. The second-order valence-electron chi connectivity index (χ2n) is 7.16. The third-order valence-electron chi connectivity index (χ3n) is 5.07. The van der Waals surface area contributed by atoms with Gasteiger partial charge in [0.1, 0.15) is 0 Å². The highest BCUT2D eigenvalue weighted by Gasteiger charge is 2.23. The van der Waals surface area contributed by atoms with Crippen molar-refractivity contribution < 1.29 is 19.1 Å². The third-order valence-corrected chi connectivity index (χ3v) is 5.07. The second-order valence-corrected chi connectivity index (χ2v) is 7.16.